The van der Waals surface area contributed by atoms with Crippen molar-refractivity contribution in [1.29, 1.82) is 0 Å². The SMILES string of the molecule is COC[C@@H](N)C(=O)O.COC[C@@H](N)C(=O)OC.Cl. The lowest BCUT2D eigenvalue weighted by Gasteiger charge is -2.05. The molecule has 110 valence electrons. The van der Waals surface area contributed by atoms with E-state index in [9.17, 15) is 9.59 Å². The Bertz CT molecular complexity index is 229. The van der Waals surface area contributed by atoms with Crippen molar-refractivity contribution >= 4 is 24.3 Å². The van der Waals surface area contributed by atoms with E-state index >= 15 is 0 Å². The van der Waals surface area contributed by atoms with Crippen LogP contribution < -0.4 is 11.5 Å². The first-order valence-corrected chi connectivity index (χ1v) is 4.70. The lowest BCUT2D eigenvalue weighted by molar-refractivity contribution is -0.143. The molecule has 0 heterocycles. The Balaban J connectivity index is -0.000000238. The Labute approximate surface area is 112 Å². The molecule has 5 N–H and O–H groups in total. The molecule has 0 saturated carbocycles. The molecule has 0 spiro atoms. The Hall–Kier alpha value is -0.930. The van der Waals surface area contributed by atoms with Gasteiger partial charge in [0.05, 0.1) is 20.3 Å². The number of carbonyl (C=O) groups is 2. The van der Waals surface area contributed by atoms with Crippen LogP contribution in [0.5, 0.6) is 0 Å². The van der Waals surface area contributed by atoms with Crippen LogP contribution in [0.15, 0.2) is 0 Å². The highest BCUT2D eigenvalue weighted by Crippen LogP contribution is 1.82. The highest BCUT2D eigenvalue weighted by molar-refractivity contribution is 5.85. The number of carboxylic acid groups (broad SMARTS) is 1. The Kier molecular flexibility index (Phi) is 17.5. The van der Waals surface area contributed by atoms with Crippen molar-refractivity contribution in [2.75, 3.05) is 34.5 Å². The van der Waals surface area contributed by atoms with Gasteiger partial charge in [0.2, 0.25) is 0 Å². The molecule has 0 rings (SSSR count). The van der Waals surface area contributed by atoms with Gasteiger partial charge >= 0.3 is 11.9 Å². The van der Waals surface area contributed by atoms with E-state index < -0.39 is 24.0 Å². The zero-order valence-electron chi connectivity index (χ0n) is 10.6. The van der Waals surface area contributed by atoms with Gasteiger partial charge in [-0.05, 0) is 0 Å². The summed E-state index contributed by atoms with van der Waals surface area (Å²) in [5.41, 5.74) is 10.2. The van der Waals surface area contributed by atoms with Gasteiger partial charge in [0.15, 0.2) is 0 Å². The first-order chi connectivity index (χ1) is 7.90. The first kappa shape index (κ1) is 22.3. The fourth-order valence-corrected chi connectivity index (χ4v) is 0.650. The van der Waals surface area contributed by atoms with Crippen molar-refractivity contribution < 1.29 is 28.9 Å². The molecule has 0 aromatic rings. The maximum absolute atomic E-state index is 10.5. The van der Waals surface area contributed by atoms with Crippen molar-refractivity contribution in [2.24, 2.45) is 11.5 Å². The molecule has 0 radical (unpaired) electrons. The van der Waals surface area contributed by atoms with Crippen LogP contribution in [-0.4, -0.2) is 63.7 Å². The fourth-order valence-electron chi connectivity index (χ4n) is 0.650. The first-order valence-electron chi connectivity index (χ1n) is 4.70. The van der Waals surface area contributed by atoms with Crippen molar-refractivity contribution in [1.82, 2.24) is 0 Å². The van der Waals surface area contributed by atoms with Crippen molar-refractivity contribution in [3.8, 4) is 0 Å². The largest absolute Gasteiger partial charge is 0.480 e. The second kappa shape index (κ2) is 14.1. The molecule has 0 fully saturated rings. The maximum Gasteiger partial charge on any atom is 0.325 e. The topological polar surface area (TPSA) is 134 Å². The number of halogens is 1. The Morgan fingerprint density at radius 3 is 1.67 bits per heavy atom. The average Bonchev–Trinajstić information content (AvgIpc) is 2.29. The van der Waals surface area contributed by atoms with E-state index in [-0.39, 0.29) is 25.6 Å². The number of methoxy groups -OCH3 is 3. The van der Waals surface area contributed by atoms with Gasteiger partial charge in [0.25, 0.3) is 0 Å². The fraction of sp³-hybridized carbons (Fsp3) is 0.778. The lowest BCUT2D eigenvalue weighted by Crippen LogP contribution is -2.35. The number of aliphatic carboxylic acids is 1. The van der Waals surface area contributed by atoms with E-state index in [4.69, 9.17) is 16.6 Å². The molecule has 0 amide bonds. The Morgan fingerprint density at radius 1 is 1.06 bits per heavy atom. The summed E-state index contributed by atoms with van der Waals surface area (Å²) in [5, 5.41) is 8.11. The van der Waals surface area contributed by atoms with Crippen LogP contribution in [-0.2, 0) is 23.8 Å². The summed E-state index contributed by atoms with van der Waals surface area (Å²) in [7, 11) is 4.17. The average molecular weight is 289 g/mol. The number of esters is 1. The van der Waals surface area contributed by atoms with Crippen LogP contribution in [0.2, 0.25) is 0 Å². The molecule has 0 saturated heterocycles. The van der Waals surface area contributed by atoms with Gasteiger partial charge in [-0.25, -0.2) is 0 Å². The minimum absolute atomic E-state index is 0. The number of hydrogen-bond donors (Lipinski definition) is 3. The van der Waals surface area contributed by atoms with Crippen molar-refractivity contribution in [2.45, 2.75) is 12.1 Å². The van der Waals surface area contributed by atoms with Crippen LogP contribution in [0.3, 0.4) is 0 Å². The number of ether oxygens (including phenoxy) is 3. The smallest absolute Gasteiger partial charge is 0.325 e. The number of hydrogen-bond acceptors (Lipinski definition) is 7. The molecule has 0 unspecified atom stereocenters. The highest BCUT2D eigenvalue weighted by atomic mass is 35.5. The molecule has 0 aromatic carbocycles. The number of carboxylic acids is 1. The van der Waals surface area contributed by atoms with E-state index in [1.165, 1.54) is 21.3 Å². The quantitative estimate of drug-likeness (QED) is 0.508. The summed E-state index contributed by atoms with van der Waals surface area (Å²) in [5.74, 6) is -1.48. The number of carbonyl (C=O) groups excluding carboxylic acids is 1. The minimum atomic E-state index is -1.04. The standard InChI is InChI=1S/C5H11NO3.C4H9NO3.ClH/c1-8-3-4(6)5(7)9-2;1-8-2-3(5)4(6)7;/h4H,3,6H2,1-2H3;3H,2,5H2,1H3,(H,6,7);1H/t4-;3-;/m11./s1. The highest BCUT2D eigenvalue weighted by Gasteiger charge is 2.11. The van der Waals surface area contributed by atoms with Gasteiger partial charge in [-0.1, -0.05) is 0 Å². The van der Waals surface area contributed by atoms with Gasteiger partial charge < -0.3 is 30.8 Å². The number of nitrogens with two attached hydrogens (primary N) is 2. The summed E-state index contributed by atoms with van der Waals surface area (Å²) >= 11 is 0. The molecule has 8 nitrogen and oxygen atoms in total. The maximum atomic E-state index is 10.5. The van der Waals surface area contributed by atoms with Gasteiger partial charge in [-0.2, -0.15) is 0 Å². The molecule has 0 aliphatic carbocycles. The van der Waals surface area contributed by atoms with Crippen molar-refractivity contribution in [3.05, 3.63) is 0 Å². The molecular weight excluding hydrogens is 268 g/mol. The van der Waals surface area contributed by atoms with E-state index in [1.54, 1.807) is 0 Å². The summed E-state index contributed by atoms with van der Waals surface area (Å²) in [6.45, 7) is 0.266. The number of rotatable bonds is 6. The normalized spacial score (nSPS) is 12.3. The third-order valence-corrected chi connectivity index (χ3v) is 1.51. The van der Waals surface area contributed by atoms with Crippen LogP contribution in [0.4, 0.5) is 0 Å². The predicted octanol–water partition coefficient (Wildman–Crippen LogP) is -1.40. The van der Waals surface area contributed by atoms with Gasteiger partial charge in [0, 0.05) is 14.2 Å². The molecule has 0 aliphatic heterocycles. The monoisotopic (exact) mass is 288 g/mol. The van der Waals surface area contributed by atoms with Gasteiger partial charge in [-0.15, -0.1) is 12.4 Å². The summed E-state index contributed by atoms with van der Waals surface area (Å²) in [6, 6.07) is -1.54. The molecule has 0 aliphatic rings. The molecule has 0 bridgehead atoms. The van der Waals surface area contributed by atoms with Gasteiger partial charge in [0.1, 0.15) is 12.1 Å². The minimum Gasteiger partial charge on any atom is -0.480 e. The molecule has 2 atom stereocenters. The molecular formula is C9H21ClN2O6. The third-order valence-electron chi connectivity index (χ3n) is 1.51. The van der Waals surface area contributed by atoms with E-state index in [0.29, 0.717) is 0 Å². The lowest BCUT2D eigenvalue weighted by atomic mass is 10.3. The van der Waals surface area contributed by atoms with Crippen LogP contribution in [0, 0.1) is 0 Å². The third kappa shape index (κ3) is 13.1. The molecule has 0 aromatic heterocycles. The second-order valence-corrected chi connectivity index (χ2v) is 2.99. The Morgan fingerprint density at radius 2 is 1.44 bits per heavy atom. The molecule has 18 heavy (non-hydrogen) atoms. The summed E-state index contributed by atoms with van der Waals surface area (Å²) in [4.78, 5) is 20.4. The zero-order chi connectivity index (χ0) is 13.8. The van der Waals surface area contributed by atoms with Crippen LogP contribution in [0.1, 0.15) is 0 Å². The summed E-state index contributed by atoms with van der Waals surface area (Å²) < 4.78 is 13.4. The van der Waals surface area contributed by atoms with E-state index in [2.05, 4.69) is 14.2 Å². The summed E-state index contributed by atoms with van der Waals surface area (Å²) in [6.07, 6.45) is 0. The van der Waals surface area contributed by atoms with E-state index in [1.807, 2.05) is 0 Å². The van der Waals surface area contributed by atoms with Gasteiger partial charge in [-0.3, -0.25) is 9.59 Å². The van der Waals surface area contributed by atoms with Crippen LogP contribution >= 0.6 is 12.4 Å². The van der Waals surface area contributed by atoms with E-state index in [0.717, 1.165) is 0 Å². The van der Waals surface area contributed by atoms with Crippen molar-refractivity contribution in [3.63, 3.8) is 0 Å². The molecule has 9 heteroatoms. The second-order valence-electron chi connectivity index (χ2n) is 2.99. The zero-order valence-corrected chi connectivity index (χ0v) is 11.4. The van der Waals surface area contributed by atoms with Crippen LogP contribution in [0.25, 0.3) is 0 Å². The predicted molar refractivity (Wildman–Crippen MR) is 66.6 cm³/mol.